The van der Waals surface area contributed by atoms with Crippen molar-refractivity contribution in [3.05, 3.63) is 23.9 Å². The van der Waals surface area contributed by atoms with Gasteiger partial charge in [-0.2, -0.15) is 0 Å². The molecular weight excluding hydrogens is 253 g/mol. The minimum absolute atomic E-state index is 0.544. The summed E-state index contributed by atoms with van der Waals surface area (Å²) in [6, 6.07) is 6.38. The van der Waals surface area contributed by atoms with Gasteiger partial charge in [-0.3, -0.25) is 0 Å². The minimum atomic E-state index is -0.849. The van der Waals surface area contributed by atoms with E-state index in [1.165, 1.54) is 3.71 Å². The summed E-state index contributed by atoms with van der Waals surface area (Å²) in [6.45, 7) is 9.05. The van der Waals surface area contributed by atoms with Gasteiger partial charge in [0.2, 0.25) is 0 Å². The second-order valence-corrected chi connectivity index (χ2v) is 13.6. The van der Waals surface area contributed by atoms with Crippen LogP contribution in [-0.2, 0) is 0 Å². The molecular formula is C10H17NSn. The summed E-state index contributed by atoms with van der Waals surface area (Å²) in [5.74, 6) is 0. The molecule has 0 aromatic carbocycles. The van der Waals surface area contributed by atoms with Gasteiger partial charge in [-0.05, 0) is 0 Å². The maximum atomic E-state index is 4.55. The van der Waals surface area contributed by atoms with Gasteiger partial charge in [-0.15, -0.1) is 0 Å². The first kappa shape index (κ1) is 10.0. The molecule has 0 aliphatic rings. The second kappa shape index (κ2) is 3.77. The summed E-state index contributed by atoms with van der Waals surface area (Å²) in [7, 11) is 0. The SMILES string of the molecule is Cc1ccc[c]([SnH2][C](C)(C)C)n1. The van der Waals surface area contributed by atoms with Gasteiger partial charge in [0.25, 0.3) is 0 Å². The van der Waals surface area contributed by atoms with Crippen LogP contribution in [0.4, 0.5) is 0 Å². The summed E-state index contributed by atoms with van der Waals surface area (Å²) in [4.78, 5) is 4.55. The molecule has 1 aromatic heterocycles. The van der Waals surface area contributed by atoms with E-state index in [2.05, 4.69) is 50.9 Å². The molecule has 0 aliphatic heterocycles. The van der Waals surface area contributed by atoms with Crippen LogP contribution in [0.1, 0.15) is 26.5 Å². The van der Waals surface area contributed by atoms with E-state index in [1.807, 2.05) is 0 Å². The van der Waals surface area contributed by atoms with Crippen molar-refractivity contribution in [2.75, 3.05) is 0 Å². The van der Waals surface area contributed by atoms with Crippen LogP contribution in [0.3, 0.4) is 0 Å². The van der Waals surface area contributed by atoms with Crippen molar-refractivity contribution >= 4 is 24.9 Å². The Morgan fingerprint density at radius 3 is 2.42 bits per heavy atom. The molecule has 66 valence electrons. The summed E-state index contributed by atoms with van der Waals surface area (Å²) >= 11 is -0.849. The molecule has 1 rings (SSSR count). The first-order valence-corrected chi connectivity index (χ1v) is 8.43. The third-order valence-corrected chi connectivity index (χ3v) is 6.84. The molecule has 0 amide bonds. The van der Waals surface area contributed by atoms with E-state index < -0.39 is 21.1 Å². The van der Waals surface area contributed by atoms with Crippen molar-refractivity contribution in [1.29, 1.82) is 0 Å². The van der Waals surface area contributed by atoms with E-state index in [1.54, 1.807) is 0 Å². The first-order valence-electron chi connectivity index (χ1n) is 4.40. The zero-order valence-corrected chi connectivity index (χ0v) is 12.4. The number of hydrogen-bond acceptors (Lipinski definition) is 1. The first-order chi connectivity index (χ1) is 5.47. The molecule has 0 aliphatic carbocycles. The van der Waals surface area contributed by atoms with Gasteiger partial charge in [0.1, 0.15) is 0 Å². The Bertz CT molecular complexity index is 263. The Kier molecular flexibility index (Phi) is 3.15. The van der Waals surface area contributed by atoms with Crippen LogP contribution < -0.4 is 3.71 Å². The molecule has 0 bridgehead atoms. The Morgan fingerprint density at radius 2 is 1.92 bits per heavy atom. The number of nitrogens with zero attached hydrogens (tertiary/aromatic N) is 1. The van der Waals surface area contributed by atoms with Gasteiger partial charge in [0.15, 0.2) is 0 Å². The second-order valence-electron chi connectivity index (χ2n) is 4.51. The van der Waals surface area contributed by atoms with Crippen LogP contribution in [0.25, 0.3) is 0 Å². The summed E-state index contributed by atoms with van der Waals surface area (Å²) in [5.41, 5.74) is 1.16. The van der Waals surface area contributed by atoms with Gasteiger partial charge >= 0.3 is 84.9 Å². The monoisotopic (exact) mass is 271 g/mol. The van der Waals surface area contributed by atoms with E-state index in [4.69, 9.17) is 0 Å². The Morgan fingerprint density at radius 1 is 1.25 bits per heavy atom. The molecule has 0 N–H and O–H groups in total. The van der Waals surface area contributed by atoms with E-state index in [0.717, 1.165) is 5.69 Å². The zero-order chi connectivity index (χ0) is 9.19. The standard InChI is InChI=1S/C6H6N.C4H9.Sn.2H/c1-6-4-2-3-5-7-6;1-4(2)3;;;/h2-4H,1H3;1-3H3;;;. The predicted molar refractivity (Wildman–Crippen MR) is 56.9 cm³/mol. The molecule has 1 aromatic rings. The quantitative estimate of drug-likeness (QED) is 0.703. The van der Waals surface area contributed by atoms with Crippen LogP contribution in [-0.4, -0.2) is 26.1 Å². The van der Waals surface area contributed by atoms with E-state index in [0.29, 0.717) is 3.43 Å². The van der Waals surface area contributed by atoms with Crippen molar-refractivity contribution in [2.45, 2.75) is 31.1 Å². The van der Waals surface area contributed by atoms with Crippen LogP contribution in [0.2, 0.25) is 3.43 Å². The van der Waals surface area contributed by atoms with E-state index >= 15 is 0 Å². The van der Waals surface area contributed by atoms with Crippen LogP contribution in [0.5, 0.6) is 0 Å². The van der Waals surface area contributed by atoms with Crippen LogP contribution >= 0.6 is 0 Å². The normalized spacial score (nSPS) is 12.7. The third-order valence-electron chi connectivity index (χ3n) is 1.66. The molecule has 0 saturated heterocycles. The Balaban J connectivity index is 2.77. The number of hydrogen-bond donors (Lipinski definition) is 0. The Labute approximate surface area is 84.8 Å². The fraction of sp³-hybridized carbons (Fsp3) is 0.500. The molecule has 12 heavy (non-hydrogen) atoms. The van der Waals surface area contributed by atoms with Crippen molar-refractivity contribution in [3.8, 4) is 0 Å². The fourth-order valence-corrected chi connectivity index (χ4v) is 6.01. The van der Waals surface area contributed by atoms with Crippen molar-refractivity contribution < 1.29 is 0 Å². The Hall–Kier alpha value is -0.0513. The van der Waals surface area contributed by atoms with Gasteiger partial charge in [-0.1, -0.05) is 0 Å². The maximum absolute atomic E-state index is 4.55. The number of rotatable bonds is 1. The molecule has 1 heterocycles. The summed E-state index contributed by atoms with van der Waals surface area (Å²) in [6.07, 6.45) is 0. The molecule has 1 nitrogen and oxygen atoms in total. The molecule has 0 spiro atoms. The average molecular weight is 270 g/mol. The fourth-order valence-electron chi connectivity index (χ4n) is 1.24. The molecule has 0 unspecified atom stereocenters. The van der Waals surface area contributed by atoms with E-state index in [-0.39, 0.29) is 0 Å². The number of aromatic nitrogens is 1. The molecule has 0 radical (unpaired) electrons. The molecule has 0 fully saturated rings. The van der Waals surface area contributed by atoms with E-state index in [9.17, 15) is 0 Å². The van der Waals surface area contributed by atoms with Crippen molar-refractivity contribution in [3.63, 3.8) is 0 Å². The van der Waals surface area contributed by atoms with Gasteiger partial charge in [0.05, 0.1) is 0 Å². The predicted octanol–water partition coefficient (Wildman–Crippen LogP) is 1.40. The van der Waals surface area contributed by atoms with Gasteiger partial charge < -0.3 is 0 Å². The van der Waals surface area contributed by atoms with Gasteiger partial charge in [-0.25, -0.2) is 0 Å². The van der Waals surface area contributed by atoms with Crippen LogP contribution in [0.15, 0.2) is 18.2 Å². The average Bonchev–Trinajstić information content (AvgIpc) is 1.82. The summed E-state index contributed by atoms with van der Waals surface area (Å²) in [5, 5.41) is 0. The van der Waals surface area contributed by atoms with Crippen molar-refractivity contribution in [2.24, 2.45) is 0 Å². The van der Waals surface area contributed by atoms with Crippen molar-refractivity contribution in [1.82, 2.24) is 4.98 Å². The number of aryl methyl sites for hydroxylation is 1. The molecule has 2 heteroatoms. The number of pyridine rings is 1. The topological polar surface area (TPSA) is 12.9 Å². The summed E-state index contributed by atoms with van der Waals surface area (Å²) < 4.78 is 1.95. The van der Waals surface area contributed by atoms with Crippen LogP contribution in [0, 0.1) is 6.92 Å². The molecule has 0 atom stereocenters. The third kappa shape index (κ3) is 3.57. The zero-order valence-electron chi connectivity index (χ0n) is 8.39. The van der Waals surface area contributed by atoms with Gasteiger partial charge in [0, 0.05) is 0 Å². The molecule has 0 saturated carbocycles.